The van der Waals surface area contributed by atoms with Gasteiger partial charge in [-0.15, -0.1) is 0 Å². The maximum atomic E-state index is 10.8. The van der Waals surface area contributed by atoms with Crippen LogP contribution in [0.1, 0.15) is 28.9 Å². The first-order valence-electron chi connectivity index (χ1n) is 6.52. The van der Waals surface area contributed by atoms with E-state index in [0.29, 0.717) is 5.11 Å². The number of anilines is 1. The number of thiocarbonyl (C=S) groups is 1. The number of benzene rings is 2. The van der Waals surface area contributed by atoms with Crippen molar-refractivity contribution in [1.82, 2.24) is 5.32 Å². The van der Waals surface area contributed by atoms with E-state index in [2.05, 4.69) is 10.6 Å². The van der Waals surface area contributed by atoms with Crippen LogP contribution in [0.25, 0.3) is 0 Å². The maximum absolute atomic E-state index is 10.8. The molecule has 5 heteroatoms. The smallest absolute Gasteiger partial charge is 0.335 e. The van der Waals surface area contributed by atoms with Crippen molar-refractivity contribution in [2.24, 2.45) is 0 Å². The highest BCUT2D eigenvalue weighted by molar-refractivity contribution is 7.80. The molecule has 0 saturated heterocycles. The van der Waals surface area contributed by atoms with Gasteiger partial charge in [0.05, 0.1) is 11.6 Å². The first-order chi connectivity index (χ1) is 10.1. The molecular formula is C16H16N2O2S. The van der Waals surface area contributed by atoms with Crippen LogP contribution in [0, 0.1) is 0 Å². The lowest BCUT2D eigenvalue weighted by Crippen LogP contribution is -2.30. The summed E-state index contributed by atoms with van der Waals surface area (Å²) in [6, 6.07) is 16.5. The fourth-order valence-corrected chi connectivity index (χ4v) is 2.18. The second-order valence-corrected chi connectivity index (χ2v) is 5.02. The average molecular weight is 300 g/mol. The Morgan fingerprint density at radius 3 is 2.29 bits per heavy atom. The van der Waals surface area contributed by atoms with Gasteiger partial charge in [0, 0.05) is 5.69 Å². The van der Waals surface area contributed by atoms with E-state index in [0.717, 1.165) is 11.3 Å². The van der Waals surface area contributed by atoms with E-state index in [1.807, 2.05) is 37.3 Å². The van der Waals surface area contributed by atoms with Gasteiger partial charge in [-0.3, -0.25) is 0 Å². The monoisotopic (exact) mass is 300 g/mol. The van der Waals surface area contributed by atoms with Crippen molar-refractivity contribution in [1.29, 1.82) is 0 Å². The van der Waals surface area contributed by atoms with Crippen molar-refractivity contribution in [3.05, 3.63) is 65.7 Å². The van der Waals surface area contributed by atoms with Gasteiger partial charge in [-0.2, -0.15) is 0 Å². The molecule has 4 nitrogen and oxygen atoms in total. The lowest BCUT2D eigenvalue weighted by molar-refractivity contribution is 0.0697. The van der Waals surface area contributed by atoms with E-state index in [1.54, 1.807) is 12.1 Å². The fourth-order valence-electron chi connectivity index (χ4n) is 1.89. The minimum atomic E-state index is -0.944. The van der Waals surface area contributed by atoms with Gasteiger partial charge in [0.2, 0.25) is 0 Å². The van der Waals surface area contributed by atoms with Gasteiger partial charge in [-0.25, -0.2) is 4.79 Å². The van der Waals surface area contributed by atoms with E-state index in [-0.39, 0.29) is 11.6 Å². The van der Waals surface area contributed by atoms with Crippen LogP contribution in [0.4, 0.5) is 5.69 Å². The molecule has 1 unspecified atom stereocenters. The maximum Gasteiger partial charge on any atom is 0.335 e. The molecule has 0 aromatic heterocycles. The third-order valence-electron chi connectivity index (χ3n) is 3.04. The van der Waals surface area contributed by atoms with Gasteiger partial charge >= 0.3 is 5.97 Å². The standard InChI is InChI=1S/C16H16N2O2S/c1-11(12-5-3-2-4-6-12)17-16(21)18-14-9-7-13(8-10-14)15(19)20/h2-11H,1H3,(H,19,20)(H2,17,18,21). The van der Waals surface area contributed by atoms with Crippen molar-refractivity contribution in [2.45, 2.75) is 13.0 Å². The van der Waals surface area contributed by atoms with Crippen molar-refractivity contribution in [2.75, 3.05) is 5.32 Å². The summed E-state index contributed by atoms with van der Waals surface area (Å²) in [4.78, 5) is 10.8. The Kier molecular flexibility index (Phi) is 4.90. The summed E-state index contributed by atoms with van der Waals surface area (Å²) in [5.74, 6) is -0.944. The molecule has 0 radical (unpaired) electrons. The minimum Gasteiger partial charge on any atom is -0.478 e. The van der Waals surface area contributed by atoms with Crippen LogP contribution in [0.15, 0.2) is 54.6 Å². The molecule has 108 valence electrons. The molecule has 0 bridgehead atoms. The van der Waals surface area contributed by atoms with Crippen molar-refractivity contribution < 1.29 is 9.90 Å². The fraction of sp³-hybridized carbons (Fsp3) is 0.125. The van der Waals surface area contributed by atoms with Crippen LogP contribution in [-0.4, -0.2) is 16.2 Å². The molecule has 21 heavy (non-hydrogen) atoms. The van der Waals surface area contributed by atoms with Crippen LogP contribution in [0.3, 0.4) is 0 Å². The second kappa shape index (κ2) is 6.85. The predicted molar refractivity (Wildman–Crippen MR) is 87.6 cm³/mol. The SMILES string of the molecule is CC(NC(=S)Nc1ccc(C(=O)O)cc1)c1ccccc1. The summed E-state index contributed by atoms with van der Waals surface area (Å²) in [6.45, 7) is 2.02. The molecule has 2 aromatic carbocycles. The van der Waals surface area contributed by atoms with Gasteiger partial charge in [-0.05, 0) is 49.0 Å². The number of hydrogen-bond donors (Lipinski definition) is 3. The van der Waals surface area contributed by atoms with Gasteiger partial charge < -0.3 is 15.7 Å². The van der Waals surface area contributed by atoms with Crippen molar-refractivity contribution >= 4 is 29.0 Å². The lowest BCUT2D eigenvalue weighted by Gasteiger charge is -2.17. The quantitative estimate of drug-likeness (QED) is 0.755. The van der Waals surface area contributed by atoms with Crippen molar-refractivity contribution in [3.8, 4) is 0 Å². The number of hydrogen-bond acceptors (Lipinski definition) is 2. The molecular weight excluding hydrogens is 284 g/mol. The number of nitrogens with one attached hydrogen (secondary N) is 2. The molecule has 0 saturated carbocycles. The number of aromatic carboxylic acids is 1. The Balaban J connectivity index is 1.94. The summed E-state index contributed by atoms with van der Waals surface area (Å²) in [7, 11) is 0. The molecule has 0 fully saturated rings. The molecule has 0 aliphatic carbocycles. The van der Waals surface area contributed by atoms with Crippen LogP contribution in [-0.2, 0) is 0 Å². The Labute approximate surface area is 128 Å². The zero-order valence-electron chi connectivity index (χ0n) is 11.5. The Hall–Kier alpha value is -2.40. The minimum absolute atomic E-state index is 0.0875. The van der Waals surface area contributed by atoms with E-state index >= 15 is 0 Å². The molecule has 0 aliphatic heterocycles. The zero-order valence-corrected chi connectivity index (χ0v) is 12.4. The molecule has 0 aliphatic rings. The molecule has 1 atom stereocenters. The van der Waals surface area contributed by atoms with E-state index in [9.17, 15) is 4.79 Å². The first-order valence-corrected chi connectivity index (χ1v) is 6.93. The normalized spacial score (nSPS) is 11.5. The summed E-state index contributed by atoms with van der Waals surface area (Å²) < 4.78 is 0. The van der Waals surface area contributed by atoms with Crippen LogP contribution >= 0.6 is 12.2 Å². The van der Waals surface area contributed by atoms with Crippen LogP contribution < -0.4 is 10.6 Å². The Bertz CT molecular complexity index is 626. The van der Waals surface area contributed by atoms with Crippen LogP contribution in [0.5, 0.6) is 0 Å². The number of carboxylic acids is 1. The van der Waals surface area contributed by atoms with Crippen molar-refractivity contribution in [3.63, 3.8) is 0 Å². The third kappa shape index (κ3) is 4.29. The van der Waals surface area contributed by atoms with E-state index < -0.39 is 5.97 Å². The Morgan fingerprint density at radius 2 is 1.71 bits per heavy atom. The van der Waals surface area contributed by atoms with Crippen LogP contribution in [0.2, 0.25) is 0 Å². The van der Waals surface area contributed by atoms with E-state index in [4.69, 9.17) is 17.3 Å². The third-order valence-corrected chi connectivity index (χ3v) is 3.26. The lowest BCUT2D eigenvalue weighted by atomic mass is 10.1. The molecule has 2 rings (SSSR count). The summed E-state index contributed by atoms with van der Waals surface area (Å²) in [6.07, 6.45) is 0. The summed E-state index contributed by atoms with van der Waals surface area (Å²) in [5, 5.41) is 15.6. The second-order valence-electron chi connectivity index (χ2n) is 4.61. The van der Waals surface area contributed by atoms with Gasteiger partial charge in [0.25, 0.3) is 0 Å². The van der Waals surface area contributed by atoms with Gasteiger partial charge in [0.15, 0.2) is 5.11 Å². The molecule has 3 N–H and O–H groups in total. The summed E-state index contributed by atoms with van der Waals surface area (Å²) >= 11 is 5.26. The topological polar surface area (TPSA) is 61.4 Å². The largest absolute Gasteiger partial charge is 0.478 e. The van der Waals surface area contributed by atoms with E-state index in [1.165, 1.54) is 12.1 Å². The number of rotatable bonds is 4. The number of carboxylic acid groups (broad SMARTS) is 1. The average Bonchev–Trinajstić information content (AvgIpc) is 2.48. The van der Waals surface area contributed by atoms with Gasteiger partial charge in [-0.1, -0.05) is 30.3 Å². The highest BCUT2D eigenvalue weighted by Crippen LogP contribution is 2.13. The van der Waals surface area contributed by atoms with Gasteiger partial charge in [0.1, 0.15) is 0 Å². The molecule has 0 amide bonds. The molecule has 0 spiro atoms. The highest BCUT2D eigenvalue weighted by Gasteiger charge is 2.07. The Morgan fingerprint density at radius 1 is 1.10 bits per heavy atom. The first kappa shape index (κ1) is 15.0. The zero-order chi connectivity index (χ0) is 15.2. The molecule has 0 heterocycles. The predicted octanol–water partition coefficient (Wildman–Crippen LogP) is 3.43. The summed E-state index contributed by atoms with van der Waals surface area (Å²) in [5.41, 5.74) is 2.14. The number of carbonyl (C=O) groups is 1. The molecule has 2 aromatic rings. The highest BCUT2D eigenvalue weighted by atomic mass is 32.1.